The predicted molar refractivity (Wildman–Crippen MR) is 117 cm³/mol. The zero-order chi connectivity index (χ0) is 21.3. The highest BCUT2D eigenvalue weighted by Crippen LogP contribution is 2.43. The lowest BCUT2D eigenvalue weighted by atomic mass is 9.97. The van der Waals surface area contributed by atoms with Crippen LogP contribution in [0.25, 0.3) is 0 Å². The first-order chi connectivity index (χ1) is 14.4. The molecular formula is C23H21N3O3S. The van der Waals surface area contributed by atoms with Crippen LogP contribution in [0, 0.1) is 12.8 Å². The molecule has 30 heavy (non-hydrogen) atoms. The van der Waals surface area contributed by atoms with E-state index in [1.54, 1.807) is 23.1 Å². The molecule has 3 N–H and O–H groups in total. The molecule has 0 unspecified atom stereocenters. The van der Waals surface area contributed by atoms with E-state index in [1.165, 1.54) is 17.4 Å². The number of amides is 3. The summed E-state index contributed by atoms with van der Waals surface area (Å²) in [6, 6.07) is 17.7. The van der Waals surface area contributed by atoms with Crippen molar-refractivity contribution < 1.29 is 14.4 Å². The molecule has 2 heterocycles. The van der Waals surface area contributed by atoms with Gasteiger partial charge in [0.2, 0.25) is 17.7 Å². The summed E-state index contributed by atoms with van der Waals surface area (Å²) in [5.74, 6) is -1.49. The number of thiophene rings is 1. The largest absolute Gasteiger partial charge is 0.366 e. The molecule has 0 bridgehead atoms. The van der Waals surface area contributed by atoms with Gasteiger partial charge in [0.05, 0.1) is 12.0 Å². The molecule has 152 valence electrons. The second-order valence-corrected chi connectivity index (χ2v) is 8.28. The third-order valence-corrected chi connectivity index (χ3v) is 6.16. The number of anilines is 2. The lowest BCUT2D eigenvalue weighted by Crippen LogP contribution is -2.32. The van der Waals surface area contributed by atoms with Crippen LogP contribution >= 0.6 is 11.3 Å². The third kappa shape index (κ3) is 3.84. The maximum atomic E-state index is 13.2. The average Bonchev–Trinajstić information content (AvgIpc) is 3.36. The summed E-state index contributed by atoms with van der Waals surface area (Å²) < 4.78 is 0. The molecule has 1 aliphatic heterocycles. The predicted octanol–water partition coefficient (Wildman–Crippen LogP) is 3.89. The number of benzene rings is 2. The third-order valence-electron chi connectivity index (χ3n) is 5.22. The Kier molecular flexibility index (Phi) is 5.37. The van der Waals surface area contributed by atoms with E-state index in [2.05, 4.69) is 5.32 Å². The number of carbonyl (C=O) groups excluding carboxylic acids is 3. The van der Waals surface area contributed by atoms with E-state index >= 15 is 0 Å². The molecule has 7 heteroatoms. The summed E-state index contributed by atoms with van der Waals surface area (Å²) in [7, 11) is 0. The SMILES string of the molecule is Cc1ccc(N2C(=O)C[C@@H](C(=O)Nc3cccc(C(N)=O)c3)[C@H]2c2cccs2)cc1. The maximum absolute atomic E-state index is 13.2. The fourth-order valence-electron chi connectivity index (χ4n) is 3.75. The number of aryl methyl sites for hydroxylation is 1. The highest BCUT2D eigenvalue weighted by molar-refractivity contribution is 7.10. The van der Waals surface area contributed by atoms with E-state index < -0.39 is 11.8 Å². The molecule has 3 aromatic rings. The average molecular weight is 420 g/mol. The minimum absolute atomic E-state index is 0.0942. The van der Waals surface area contributed by atoms with E-state index in [4.69, 9.17) is 5.73 Å². The van der Waals surface area contributed by atoms with Gasteiger partial charge in [0.15, 0.2) is 0 Å². The summed E-state index contributed by atoms with van der Waals surface area (Å²) in [5.41, 5.74) is 7.99. The van der Waals surface area contributed by atoms with Crippen LogP contribution in [0.2, 0.25) is 0 Å². The van der Waals surface area contributed by atoms with Gasteiger partial charge in [-0.3, -0.25) is 14.4 Å². The molecule has 3 amide bonds. The Balaban J connectivity index is 1.65. The van der Waals surface area contributed by atoms with Gasteiger partial charge in [-0.2, -0.15) is 0 Å². The molecule has 4 rings (SSSR count). The monoisotopic (exact) mass is 419 g/mol. The molecule has 0 spiro atoms. The van der Waals surface area contributed by atoms with Gasteiger partial charge in [-0.15, -0.1) is 11.3 Å². The quantitative estimate of drug-likeness (QED) is 0.657. The second kappa shape index (κ2) is 8.12. The van der Waals surface area contributed by atoms with E-state index in [0.717, 1.165) is 16.1 Å². The molecule has 2 atom stereocenters. The van der Waals surface area contributed by atoms with Gasteiger partial charge < -0.3 is 16.0 Å². The number of nitrogens with zero attached hydrogens (tertiary/aromatic N) is 1. The van der Waals surface area contributed by atoms with Crippen molar-refractivity contribution in [3.63, 3.8) is 0 Å². The van der Waals surface area contributed by atoms with Gasteiger partial charge in [-0.25, -0.2) is 0 Å². The van der Waals surface area contributed by atoms with E-state index in [9.17, 15) is 14.4 Å². The molecule has 1 aliphatic rings. The molecule has 1 aromatic heterocycles. The Hall–Kier alpha value is -3.45. The minimum atomic E-state index is -0.566. The first kappa shape index (κ1) is 19.8. The maximum Gasteiger partial charge on any atom is 0.248 e. The standard InChI is InChI=1S/C23H21N3O3S/c1-14-7-9-17(10-8-14)26-20(27)13-18(21(26)19-6-3-11-30-19)23(29)25-16-5-2-4-15(12-16)22(24)28/h2-12,18,21H,13H2,1H3,(H2,24,28)(H,25,29)/t18-,21+/m1/s1. The number of hydrogen-bond acceptors (Lipinski definition) is 4. The summed E-state index contributed by atoms with van der Waals surface area (Å²) in [4.78, 5) is 40.2. The number of rotatable bonds is 5. The van der Waals surface area contributed by atoms with Crippen LogP contribution < -0.4 is 16.0 Å². The van der Waals surface area contributed by atoms with Crippen molar-refractivity contribution in [3.05, 3.63) is 82.0 Å². The fourth-order valence-corrected chi connectivity index (χ4v) is 4.63. The zero-order valence-electron chi connectivity index (χ0n) is 16.4. The molecule has 2 aromatic carbocycles. The second-order valence-electron chi connectivity index (χ2n) is 7.30. The van der Waals surface area contributed by atoms with E-state index in [0.29, 0.717) is 11.3 Å². The van der Waals surface area contributed by atoms with Crippen molar-refractivity contribution in [2.24, 2.45) is 11.7 Å². The van der Waals surface area contributed by atoms with Crippen molar-refractivity contribution in [1.82, 2.24) is 0 Å². The Morgan fingerprint density at radius 1 is 1.10 bits per heavy atom. The number of carbonyl (C=O) groups is 3. The van der Waals surface area contributed by atoms with Gasteiger partial charge >= 0.3 is 0 Å². The van der Waals surface area contributed by atoms with Crippen LogP contribution in [-0.4, -0.2) is 17.7 Å². The van der Waals surface area contributed by atoms with Crippen molar-refractivity contribution in [2.45, 2.75) is 19.4 Å². The van der Waals surface area contributed by atoms with Crippen molar-refractivity contribution in [3.8, 4) is 0 Å². The van der Waals surface area contributed by atoms with Gasteiger partial charge in [0.25, 0.3) is 0 Å². The van der Waals surface area contributed by atoms with Crippen LogP contribution in [-0.2, 0) is 9.59 Å². The molecule has 6 nitrogen and oxygen atoms in total. The summed E-state index contributed by atoms with van der Waals surface area (Å²) in [5, 5.41) is 4.79. The molecule has 1 fully saturated rings. The zero-order valence-corrected chi connectivity index (χ0v) is 17.2. The van der Waals surface area contributed by atoms with Crippen molar-refractivity contribution in [1.29, 1.82) is 0 Å². The normalized spacial score (nSPS) is 18.4. The van der Waals surface area contributed by atoms with Crippen molar-refractivity contribution >= 4 is 40.4 Å². The van der Waals surface area contributed by atoms with Gasteiger partial charge in [0.1, 0.15) is 0 Å². The number of nitrogens with one attached hydrogen (secondary N) is 1. The van der Waals surface area contributed by atoms with Crippen LogP contribution in [0.1, 0.15) is 33.3 Å². The number of primary amides is 1. The van der Waals surface area contributed by atoms with Crippen LogP contribution in [0.4, 0.5) is 11.4 Å². The Morgan fingerprint density at radius 2 is 1.87 bits per heavy atom. The molecule has 0 saturated carbocycles. The summed E-state index contributed by atoms with van der Waals surface area (Å²) >= 11 is 1.52. The smallest absolute Gasteiger partial charge is 0.248 e. The number of nitrogens with two attached hydrogens (primary N) is 1. The van der Waals surface area contributed by atoms with E-state index in [-0.39, 0.29) is 24.3 Å². The Bertz CT molecular complexity index is 1090. The highest BCUT2D eigenvalue weighted by Gasteiger charge is 2.45. The van der Waals surface area contributed by atoms with Crippen molar-refractivity contribution in [2.75, 3.05) is 10.2 Å². The van der Waals surface area contributed by atoms with Gasteiger partial charge in [0, 0.05) is 28.2 Å². The molecule has 0 radical (unpaired) electrons. The Labute approximate surface area is 178 Å². The van der Waals surface area contributed by atoms with Gasteiger partial charge in [-0.05, 0) is 48.7 Å². The van der Waals surface area contributed by atoms with Crippen LogP contribution in [0.5, 0.6) is 0 Å². The summed E-state index contributed by atoms with van der Waals surface area (Å²) in [6.07, 6.45) is 0.109. The number of hydrogen-bond donors (Lipinski definition) is 2. The molecular weight excluding hydrogens is 398 g/mol. The highest BCUT2D eigenvalue weighted by atomic mass is 32.1. The first-order valence-electron chi connectivity index (χ1n) is 9.57. The molecule has 0 aliphatic carbocycles. The van der Waals surface area contributed by atoms with Crippen LogP contribution in [0.15, 0.2) is 66.0 Å². The lowest BCUT2D eigenvalue weighted by Gasteiger charge is -2.27. The van der Waals surface area contributed by atoms with Gasteiger partial charge in [-0.1, -0.05) is 29.8 Å². The Morgan fingerprint density at radius 3 is 2.53 bits per heavy atom. The molecule has 1 saturated heterocycles. The van der Waals surface area contributed by atoms with Crippen LogP contribution in [0.3, 0.4) is 0 Å². The minimum Gasteiger partial charge on any atom is -0.366 e. The first-order valence-corrected chi connectivity index (χ1v) is 10.4. The fraction of sp³-hybridized carbons (Fsp3) is 0.174. The topological polar surface area (TPSA) is 92.5 Å². The van der Waals surface area contributed by atoms with E-state index in [1.807, 2.05) is 48.7 Å². The lowest BCUT2D eigenvalue weighted by molar-refractivity contribution is -0.122. The summed E-state index contributed by atoms with van der Waals surface area (Å²) in [6.45, 7) is 1.99.